The molecule has 6 atom stereocenters. The first-order valence-electron chi connectivity index (χ1n) is 17.1. The van der Waals surface area contributed by atoms with Crippen LogP contribution in [0.25, 0.3) is 0 Å². The van der Waals surface area contributed by atoms with Gasteiger partial charge in [0.1, 0.15) is 17.7 Å². The van der Waals surface area contributed by atoms with Gasteiger partial charge < -0.3 is 49.1 Å². The van der Waals surface area contributed by atoms with E-state index in [2.05, 4.69) is 10.2 Å². The molecular formula is C32H62B2N4O10. The van der Waals surface area contributed by atoms with Crippen molar-refractivity contribution in [3.8, 4) is 0 Å². The van der Waals surface area contributed by atoms with Gasteiger partial charge in [-0.1, -0.05) is 12.8 Å². The highest BCUT2D eigenvalue weighted by atomic mass is 16.7. The van der Waals surface area contributed by atoms with Gasteiger partial charge in [0.25, 0.3) is 0 Å². The van der Waals surface area contributed by atoms with Crippen molar-refractivity contribution in [2.75, 3.05) is 48.4 Å². The second-order valence-corrected chi connectivity index (χ2v) is 15.7. The monoisotopic (exact) mass is 684 g/mol. The molecule has 48 heavy (non-hydrogen) atoms. The van der Waals surface area contributed by atoms with Gasteiger partial charge in [-0.15, -0.1) is 0 Å². The van der Waals surface area contributed by atoms with Crippen LogP contribution in [0.1, 0.15) is 74.1 Å². The van der Waals surface area contributed by atoms with Crippen molar-refractivity contribution in [1.82, 2.24) is 20.0 Å². The SMILES string of the molecule is CN(C)[C@H]1CN[C@H](C(=O)O)[C@@H]1CCCB(O)O.COC(=O)[C@@H]1[C@H](CCCB2OC(C)(C)C(C)(C)O2)[C@@H](N(C)C)CN1C(=O)OC(C)(C)C. The molecule has 1 amide bonds. The summed E-state index contributed by atoms with van der Waals surface area (Å²) in [5, 5.41) is 29.7. The highest BCUT2D eigenvalue weighted by molar-refractivity contribution is 6.45. The molecule has 14 nitrogen and oxygen atoms in total. The summed E-state index contributed by atoms with van der Waals surface area (Å²) in [6.45, 7) is 14.7. The lowest BCUT2D eigenvalue weighted by molar-refractivity contribution is -0.147. The van der Waals surface area contributed by atoms with Crippen molar-refractivity contribution in [1.29, 1.82) is 0 Å². The number of carboxylic acids is 1. The highest BCUT2D eigenvalue weighted by Gasteiger charge is 2.52. The minimum atomic E-state index is -1.30. The lowest BCUT2D eigenvalue weighted by Crippen LogP contribution is -2.46. The largest absolute Gasteiger partial charge is 0.480 e. The maximum atomic E-state index is 12.9. The molecule has 3 heterocycles. The van der Waals surface area contributed by atoms with Crippen LogP contribution >= 0.6 is 0 Å². The topological polar surface area (TPSA) is 171 Å². The second kappa shape index (κ2) is 17.3. The molecule has 0 spiro atoms. The number of hydrogen-bond acceptors (Lipinski definition) is 12. The number of ether oxygens (including phenoxy) is 2. The fourth-order valence-electron chi connectivity index (χ4n) is 6.83. The number of likely N-dealkylation sites (N-methyl/N-ethyl adjacent to an activating group) is 2. The molecule has 3 aliphatic rings. The van der Waals surface area contributed by atoms with Crippen LogP contribution in [0, 0.1) is 11.8 Å². The number of hydrogen-bond donors (Lipinski definition) is 4. The molecule has 0 unspecified atom stereocenters. The Morgan fingerprint density at radius 3 is 1.96 bits per heavy atom. The lowest BCUT2D eigenvalue weighted by Gasteiger charge is -2.32. The number of methoxy groups -OCH3 is 1. The number of nitrogens with zero attached hydrogens (tertiary/aromatic N) is 3. The van der Waals surface area contributed by atoms with E-state index < -0.39 is 42.8 Å². The standard InChI is InChI=1S/C22H41BN2O6.C10H21BN2O4/c1-20(2,3)29-19(27)25-14-16(24(8)9)15(17(25)18(26)28-10)12-11-13-23-30-21(4,5)22(6,7)31-23;1-13(2)8-6-12-9(10(14)15)7(8)4-3-5-11(16)17/h15-17H,11-14H2,1-10H3;7-9,12,16-17H,3-6H2,1-2H3,(H,14,15)/t15-,16+,17+;7-,8+,9+/m11/s1. The van der Waals surface area contributed by atoms with Gasteiger partial charge in [0.15, 0.2) is 0 Å². The van der Waals surface area contributed by atoms with Gasteiger partial charge in [-0.25, -0.2) is 9.59 Å². The molecule has 0 bridgehead atoms. The third kappa shape index (κ3) is 11.3. The molecule has 0 aromatic rings. The van der Waals surface area contributed by atoms with Crippen molar-refractivity contribution in [3.63, 3.8) is 0 Å². The summed E-state index contributed by atoms with van der Waals surface area (Å²) in [6.07, 6.45) is 3.39. The Kier molecular flexibility index (Phi) is 15.2. The minimum absolute atomic E-state index is 0.0150. The van der Waals surface area contributed by atoms with Crippen LogP contribution in [0.3, 0.4) is 0 Å². The van der Waals surface area contributed by atoms with Crippen LogP contribution in [0.15, 0.2) is 0 Å². The quantitative estimate of drug-likeness (QED) is 0.174. The summed E-state index contributed by atoms with van der Waals surface area (Å²) in [6, 6.07) is -0.995. The first-order chi connectivity index (χ1) is 22.0. The van der Waals surface area contributed by atoms with E-state index in [0.717, 1.165) is 19.2 Å². The maximum absolute atomic E-state index is 12.9. The molecule has 16 heteroatoms. The zero-order valence-corrected chi connectivity index (χ0v) is 31.3. The molecule has 3 saturated heterocycles. The fourth-order valence-corrected chi connectivity index (χ4v) is 6.83. The highest BCUT2D eigenvalue weighted by Crippen LogP contribution is 2.39. The molecule has 0 saturated carbocycles. The Balaban J connectivity index is 0.000000397. The number of amides is 1. The van der Waals surface area contributed by atoms with E-state index in [1.54, 1.807) is 0 Å². The second-order valence-electron chi connectivity index (χ2n) is 15.7. The zero-order valence-electron chi connectivity index (χ0n) is 31.3. The summed E-state index contributed by atoms with van der Waals surface area (Å²) in [7, 11) is 7.60. The number of esters is 1. The average Bonchev–Trinajstić information content (AvgIpc) is 3.59. The fraction of sp³-hybridized carbons (Fsp3) is 0.906. The lowest BCUT2D eigenvalue weighted by atomic mass is 9.79. The third-order valence-corrected chi connectivity index (χ3v) is 10.0. The molecule has 0 aliphatic carbocycles. The molecular weight excluding hydrogens is 622 g/mol. The Bertz CT molecular complexity index is 1060. The minimum Gasteiger partial charge on any atom is -0.480 e. The van der Waals surface area contributed by atoms with E-state index in [1.807, 2.05) is 81.6 Å². The Hall–Kier alpha value is -1.94. The van der Waals surface area contributed by atoms with Crippen molar-refractivity contribution >= 4 is 32.3 Å². The van der Waals surface area contributed by atoms with Crippen LogP contribution < -0.4 is 5.32 Å². The number of carbonyl (C=O) groups is 3. The molecule has 0 radical (unpaired) electrons. The van der Waals surface area contributed by atoms with Gasteiger partial charge in [0.2, 0.25) is 0 Å². The van der Waals surface area contributed by atoms with E-state index in [0.29, 0.717) is 32.3 Å². The number of nitrogens with one attached hydrogen (secondary N) is 1. The van der Waals surface area contributed by atoms with E-state index in [-0.39, 0.29) is 42.2 Å². The van der Waals surface area contributed by atoms with E-state index >= 15 is 0 Å². The number of carbonyl (C=O) groups excluding carboxylic acids is 2. The van der Waals surface area contributed by atoms with Crippen molar-refractivity contribution in [3.05, 3.63) is 0 Å². The van der Waals surface area contributed by atoms with Gasteiger partial charge in [0, 0.05) is 37.0 Å². The summed E-state index contributed by atoms with van der Waals surface area (Å²) in [4.78, 5) is 42.3. The summed E-state index contributed by atoms with van der Waals surface area (Å²) >= 11 is 0. The third-order valence-electron chi connectivity index (χ3n) is 10.0. The molecule has 3 fully saturated rings. The van der Waals surface area contributed by atoms with Crippen LogP contribution in [-0.2, 0) is 28.4 Å². The van der Waals surface area contributed by atoms with Gasteiger partial charge in [-0.3, -0.25) is 9.69 Å². The van der Waals surface area contributed by atoms with Crippen molar-refractivity contribution in [2.45, 2.75) is 128 Å². The number of aliphatic carboxylic acids is 1. The Morgan fingerprint density at radius 1 is 0.958 bits per heavy atom. The average molecular weight is 684 g/mol. The number of likely N-dealkylation sites (tertiary alicyclic amines) is 1. The summed E-state index contributed by atoms with van der Waals surface area (Å²) < 4.78 is 22.9. The normalized spacial score (nSPS) is 28.0. The van der Waals surface area contributed by atoms with E-state index in [9.17, 15) is 14.4 Å². The maximum Gasteiger partial charge on any atom is 0.457 e. The first-order valence-corrected chi connectivity index (χ1v) is 17.1. The number of carboxylic acid groups (broad SMARTS) is 1. The predicted octanol–water partition coefficient (Wildman–Crippen LogP) is 2.04. The molecule has 276 valence electrons. The van der Waals surface area contributed by atoms with Gasteiger partial charge >= 0.3 is 32.3 Å². The smallest absolute Gasteiger partial charge is 0.457 e. The van der Waals surface area contributed by atoms with Crippen LogP contribution in [-0.4, -0.2) is 151 Å². The Morgan fingerprint density at radius 2 is 1.50 bits per heavy atom. The molecule has 3 aliphatic heterocycles. The number of rotatable bonds is 12. The first kappa shape index (κ1) is 42.2. The zero-order chi connectivity index (χ0) is 36.8. The summed E-state index contributed by atoms with van der Waals surface area (Å²) in [5.74, 6) is -1.29. The predicted molar refractivity (Wildman–Crippen MR) is 184 cm³/mol. The van der Waals surface area contributed by atoms with Crippen LogP contribution in [0.5, 0.6) is 0 Å². The molecule has 3 rings (SSSR count). The van der Waals surface area contributed by atoms with Crippen molar-refractivity contribution < 1.29 is 48.3 Å². The summed E-state index contributed by atoms with van der Waals surface area (Å²) in [5.41, 5.74) is -1.36. The van der Waals surface area contributed by atoms with Gasteiger partial charge in [-0.05, 0) is 102 Å². The van der Waals surface area contributed by atoms with Crippen molar-refractivity contribution in [2.24, 2.45) is 11.8 Å². The van der Waals surface area contributed by atoms with E-state index in [1.165, 1.54) is 12.0 Å². The molecule has 4 N–H and O–H groups in total. The Labute approximate surface area is 288 Å². The molecule has 0 aromatic heterocycles. The van der Waals surface area contributed by atoms with Gasteiger partial charge in [0.05, 0.1) is 18.3 Å². The van der Waals surface area contributed by atoms with Crippen LogP contribution in [0.2, 0.25) is 12.6 Å². The van der Waals surface area contributed by atoms with Gasteiger partial charge in [-0.2, -0.15) is 0 Å². The van der Waals surface area contributed by atoms with E-state index in [4.69, 9.17) is 33.9 Å². The molecule has 0 aromatic carbocycles. The van der Waals surface area contributed by atoms with Crippen LogP contribution in [0.4, 0.5) is 4.79 Å².